The van der Waals surface area contributed by atoms with E-state index in [1.54, 1.807) is 25.1 Å². The number of ketones is 2. The number of fused-ring (bicyclic) bond motifs is 3. The van der Waals surface area contributed by atoms with Crippen molar-refractivity contribution in [1.29, 1.82) is 0 Å². The Labute approximate surface area is 201 Å². The van der Waals surface area contributed by atoms with Gasteiger partial charge in [-0.3, -0.25) is 28.9 Å². The van der Waals surface area contributed by atoms with Gasteiger partial charge in [-0.15, -0.1) is 0 Å². The van der Waals surface area contributed by atoms with Gasteiger partial charge in [0.1, 0.15) is 5.75 Å². The first-order valence-electron chi connectivity index (χ1n) is 11.8. The van der Waals surface area contributed by atoms with Crippen LogP contribution in [0.3, 0.4) is 0 Å². The van der Waals surface area contributed by atoms with E-state index < -0.39 is 29.6 Å². The minimum Gasteiger partial charge on any atom is -0.508 e. The van der Waals surface area contributed by atoms with E-state index in [4.69, 9.17) is 5.11 Å². The van der Waals surface area contributed by atoms with Gasteiger partial charge >= 0.3 is 5.97 Å². The van der Waals surface area contributed by atoms with Crippen molar-refractivity contribution in [3.05, 3.63) is 64.3 Å². The maximum Gasteiger partial charge on any atom is 0.303 e. The van der Waals surface area contributed by atoms with Crippen molar-refractivity contribution in [3.8, 4) is 5.75 Å². The Hall–Kier alpha value is -3.81. The summed E-state index contributed by atoms with van der Waals surface area (Å²) in [4.78, 5) is 65.0. The molecule has 3 aliphatic carbocycles. The van der Waals surface area contributed by atoms with Crippen molar-refractivity contribution in [3.63, 3.8) is 0 Å². The molecule has 1 saturated heterocycles. The second-order valence-corrected chi connectivity index (χ2v) is 9.61. The number of carboxylic acid groups (broad SMARTS) is 1. The smallest absolute Gasteiger partial charge is 0.303 e. The number of aliphatic carboxylic acids is 1. The van der Waals surface area contributed by atoms with Crippen LogP contribution in [0.15, 0.2) is 58.7 Å². The van der Waals surface area contributed by atoms with Gasteiger partial charge in [0.05, 0.1) is 11.8 Å². The average molecular weight is 475 g/mol. The highest BCUT2D eigenvalue weighted by Gasteiger charge is 2.56. The standard InChI is InChI=1S/C27H25NO7/c1-13-11-20(30)24-18(25(13)33)12-17-14(22(24)15-5-2-3-6-19(15)29)8-9-16-23(17)27(35)28(26(16)34)10-4-7-21(31)32/h2-3,5-6,8,11,16-17,22-23,29H,4,7,9-10,12H2,1H3,(H,31,32)/t16-,17+,22+,23-/m0/s1. The van der Waals surface area contributed by atoms with Gasteiger partial charge in [-0.05, 0) is 44.2 Å². The van der Waals surface area contributed by atoms with Crippen LogP contribution in [0.1, 0.15) is 44.1 Å². The minimum atomic E-state index is -0.994. The summed E-state index contributed by atoms with van der Waals surface area (Å²) >= 11 is 0. The number of carboxylic acids is 1. The van der Waals surface area contributed by atoms with Crippen molar-refractivity contribution >= 4 is 29.4 Å². The molecule has 0 aromatic heterocycles. The number of para-hydroxylation sites is 1. The van der Waals surface area contributed by atoms with Crippen molar-refractivity contribution in [2.45, 2.75) is 38.5 Å². The molecule has 35 heavy (non-hydrogen) atoms. The lowest BCUT2D eigenvalue weighted by Gasteiger charge is -2.42. The molecule has 8 nitrogen and oxygen atoms in total. The number of phenolic OH excluding ortho intramolecular Hbond substituents is 1. The predicted octanol–water partition coefficient (Wildman–Crippen LogP) is 2.69. The summed E-state index contributed by atoms with van der Waals surface area (Å²) in [5, 5.41) is 19.6. The lowest BCUT2D eigenvalue weighted by Crippen LogP contribution is -2.39. The number of rotatable bonds is 5. The third kappa shape index (κ3) is 3.55. The lowest BCUT2D eigenvalue weighted by atomic mass is 9.59. The Morgan fingerprint density at radius 2 is 1.83 bits per heavy atom. The van der Waals surface area contributed by atoms with Crippen LogP contribution < -0.4 is 0 Å². The maximum atomic E-state index is 13.5. The van der Waals surface area contributed by atoms with E-state index in [0.29, 0.717) is 28.7 Å². The molecular weight excluding hydrogens is 450 g/mol. The van der Waals surface area contributed by atoms with Gasteiger partial charge in [-0.1, -0.05) is 29.8 Å². The summed E-state index contributed by atoms with van der Waals surface area (Å²) in [6.45, 7) is 1.62. The Morgan fingerprint density at radius 3 is 2.54 bits per heavy atom. The summed E-state index contributed by atoms with van der Waals surface area (Å²) < 4.78 is 0. The monoisotopic (exact) mass is 475 g/mol. The molecule has 1 heterocycles. The molecule has 1 aromatic rings. The number of aromatic hydroxyl groups is 1. The van der Waals surface area contributed by atoms with Crippen molar-refractivity contribution < 1.29 is 34.2 Å². The zero-order valence-corrected chi connectivity index (χ0v) is 19.2. The summed E-state index contributed by atoms with van der Waals surface area (Å²) in [6, 6.07) is 6.65. The largest absolute Gasteiger partial charge is 0.508 e. The summed E-state index contributed by atoms with van der Waals surface area (Å²) in [7, 11) is 0. The first kappa shape index (κ1) is 23.0. The van der Waals surface area contributed by atoms with Gasteiger partial charge in [-0.25, -0.2) is 0 Å². The van der Waals surface area contributed by atoms with E-state index in [-0.39, 0.29) is 54.9 Å². The van der Waals surface area contributed by atoms with Crippen LogP contribution >= 0.6 is 0 Å². The number of imide groups is 1. The quantitative estimate of drug-likeness (QED) is 0.381. The molecule has 5 rings (SSSR count). The van der Waals surface area contributed by atoms with Crippen molar-refractivity contribution in [2.75, 3.05) is 6.54 Å². The Morgan fingerprint density at radius 1 is 1.09 bits per heavy atom. The SMILES string of the molecule is CC1=CC(=O)C2=C(C[C@@H]3C(=CC[C@@H]4C(=O)N(CCCC(=O)O)C(=O)[C@@H]43)[C@@H]2c2ccccc2O)C1=O. The number of Topliss-reactive ketones (excluding diaryl/α,β-unsaturated/α-hetero) is 1. The van der Waals surface area contributed by atoms with Crippen molar-refractivity contribution in [1.82, 2.24) is 4.90 Å². The van der Waals surface area contributed by atoms with E-state index in [1.807, 2.05) is 6.08 Å². The molecule has 4 atom stereocenters. The number of benzene rings is 1. The molecule has 0 saturated carbocycles. The summed E-state index contributed by atoms with van der Waals surface area (Å²) in [6.07, 6.45) is 3.72. The number of phenols is 1. The van der Waals surface area contributed by atoms with Gasteiger partial charge < -0.3 is 10.2 Å². The van der Waals surface area contributed by atoms with E-state index in [0.717, 1.165) is 10.5 Å². The van der Waals surface area contributed by atoms with Crippen LogP contribution in [-0.4, -0.2) is 51.0 Å². The molecule has 0 spiro atoms. The predicted molar refractivity (Wildman–Crippen MR) is 123 cm³/mol. The summed E-state index contributed by atoms with van der Waals surface area (Å²) in [5.41, 5.74) is 2.26. The van der Waals surface area contributed by atoms with E-state index >= 15 is 0 Å². The van der Waals surface area contributed by atoms with Crippen LogP contribution in [0.25, 0.3) is 0 Å². The van der Waals surface area contributed by atoms with Crippen LogP contribution in [-0.2, 0) is 24.0 Å². The average Bonchev–Trinajstić information content (AvgIpc) is 3.06. The first-order chi connectivity index (χ1) is 16.7. The molecule has 0 bridgehead atoms. The molecule has 1 aromatic carbocycles. The zero-order chi connectivity index (χ0) is 25.0. The molecule has 2 N–H and O–H groups in total. The van der Waals surface area contributed by atoms with Gasteiger partial charge in [0.25, 0.3) is 0 Å². The highest BCUT2D eigenvalue weighted by molar-refractivity contribution is 6.23. The highest BCUT2D eigenvalue weighted by atomic mass is 16.4. The fourth-order valence-corrected chi connectivity index (χ4v) is 6.14. The first-order valence-corrected chi connectivity index (χ1v) is 11.8. The summed E-state index contributed by atoms with van der Waals surface area (Å²) in [5.74, 6) is -4.65. The molecular formula is C27H25NO7. The van der Waals surface area contributed by atoms with Crippen LogP contribution in [0, 0.1) is 17.8 Å². The molecule has 0 unspecified atom stereocenters. The van der Waals surface area contributed by atoms with Gasteiger partial charge in [-0.2, -0.15) is 0 Å². The number of hydrogen-bond donors (Lipinski definition) is 2. The number of nitrogens with zero attached hydrogens (tertiary/aromatic N) is 1. The lowest BCUT2D eigenvalue weighted by molar-refractivity contribution is -0.142. The molecule has 4 aliphatic rings. The van der Waals surface area contributed by atoms with E-state index in [9.17, 15) is 29.1 Å². The Kier molecular flexibility index (Phi) is 5.54. The van der Waals surface area contributed by atoms with Gasteiger partial charge in [0.2, 0.25) is 11.8 Å². The number of likely N-dealkylation sites (tertiary alicyclic amines) is 1. The molecule has 1 aliphatic heterocycles. The minimum absolute atomic E-state index is 0.0105. The van der Waals surface area contributed by atoms with Crippen molar-refractivity contribution in [2.24, 2.45) is 17.8 Å². The van der Waals surface area contributed by atoms with Crippen LogP contribution in [0.5, 0.6) is 5.75 Å². The number of hydrogen-bond acceptors (Lipinski definition) is 6. The molecule has 1 fully saturated rings. The molecule has 8 heteroatoms. The topological polar surface area (TPSA) is 129 Å². The highest BCUT2D eigenvalue weighted by Crippen LogP contribution is 2.55. The van der Waals surface area contributed by atoms with Gasteiger partial charge in [0, 0.05) is 41.2 Å². The van der Waals surface area contributed by atoms with Crippen LogP contribution in [0.4, 0.5) is 0 Å². The fourth-order valence-electron chi connectivity index (χ4n) is 6.14. The normalized spacial score (nSPS) is 27.9. The Bertz CT molecular complexity index is 1280. The molecule has 0 radical (unpaired) electrons. The van der Waals surface area contributed by atoms with Crippen LogP contribution in [0.2, 0.25) is 0 Å². The number of carbonyl (C=O) groups is 5. The third-order valence-electron chi connectivity index (χ3n) is 7.67. The second-order valence-electron chi connectivity index (χ2n) is 9.61. The maximum absolute atomic E-state index is 13.5. The van der Waals surface area contributed by atoms with E-state index in [2.05, 4.69) is 0 Å². The second kappa shape index (κ2) is 8.45. The third-order valence-corrected chi connectivity index (χ3v) is 7.67. The Balaban J connectivity index is 1.58. The zero-order valence-electron chi connectivity index (χ0n) is 19.2. The van der Waals surface area contributed by atoms with E-state index in [1.165, 1.54) is 12.1 Å². The van der Waals surface area contributed by atoms with Gasteiger partial charge in [0.15, 0.2) is 11.6 Å². The number of carbonyl (C=O) groups excluding carboxylic acids is 4. The molecule has 180 valence electrons. The molecule has 2 amide bonds. The number of allylic oxidation sites excluding steroid dienone is 6. The number of amides is 2. The fraction of sp³-hybridized carbons (Fsp3) is 0.370.